The van der Waals surface area contributed by atoms with Gasteiger partial charge in [-0.1, -0.05) is 23.9 Å². The molecular weight excluding hydrogens is 444 g/mol. The predicted molar refractivity (Wildman–Crippen MR) is 126 cm³/mol. The summed E-state index contributed by atoms with van der Waals surface area (Å²) in [6.07, 6.45) is 12.8. The molecule has 3 heterocycles. The zero-order chi connectivity index (χ0) is 22.3. The van der Waals surface area contributed by atoms with E-state index >= 15 is 0 Å². The van der Waals surface area contributed by atoms with Crippen LogP contribution in [0.25, 0.3) is 5.70 Å². The van der Waals surface area contributed by atoms with E-state index in [-0.39, 0.29) is 6.54 Å². The lowest BCUT2D eigenvalue weighted by molar-refractivity contribution is -0.283. The van der Waals surface area contributed by atoms with Crippen LogP contribution in [-0.4, -0.2) is 60.6 Å². The van der Waals surface area contributed by atoms with Crippen molar-refractivity contribution < 1.29 is 19.1 Å². The Bertz CT molecular complexity index is 1090. The Labute approximate surface area is 196 Å². The van der Waals surface area contributed by atoms with E-state index in [0.29, 0.717) is 6.54 Å². The average molecular weight is 469 g/mol. The minimum Gasteiger partial charge on any atom is -0.399 e. The summed E-state index contributed by atoms with van der Waals surface area (Å²) < 4.78 is 11.7. The van der Waals surface area contributed by atoms with Crippen LogP contribution in [0.5, 0.6) is 0 Å². The summed E-state index contributed by atoms with van der Waals surface area (Å²) in [5, 5.41) is 0. The van der Waals surface area contributed by atoms with Gasteiger partial charge in [-0.2, -0.15) is 0 Å². The predicted octanol–water partition coefficient (Wildman–Crippen LogP) is 4.02. The Kier molecular flexibility index (Phi) is 5.69. The van der Waals surface area contributed by atoms with Crippen molar-refractivity contribution in [1.82, 2.24) is 9.80 Å². The number of benzene rings is 1. The van der Waals surface area contributed by atoms with E-state index < -0.39 is 17.8 Å². The largest absolute Gasteiger partial charge is 0.399 e. The standard InChI is InChI=1S/C24H24N2O4S2/c1-25-11-12-26(24(15-25)29-22(27)9-10-23(28)30-24)19-13-16-5-3-4-6-20(16)32-21-8-7-17(31-2)14-18(19)21/h4,6-10,13-14H,3,5,11-12,15H2,1-2H3. The minimum absolute atomic E-state index is 0.264. The smallest absolute Gasteiger partial charge is 0.356 e. The van der Waals surface area contributed by atoms with E-state index in [4.69, 9.17) is 9.47 Å². The van der Waals surface area contributed by atoms with Crippen molar-refractivity contribution in [3.05, 3.63) is 64.6 Å². The topological polar surface area (TPSA) is 59.1 Å². The number of esters is 2. The number of nitrogens with zero attached hydrogens (tertiary/aromatic N) is 2. The van der Waals surface area contributed by atoms with Gasteiger partial charge >= 0.3 is 17.8 Å². The first-order chi connectivity index (χ1) is 15.5. The number of hydrogen-bond donors (Lipinski definition) is 0. The summed E-state index contributed by atoms with van der Waals surface area (Å²) >= 11 is 3.44. The lowest BCUT2D eigenvalue weighted by atomic mass is 10.00. The van der Waals surface area contributed by atoms with Crippen molar-refractivity contribution >= 4 is 41.2 Å². The molecule has 1 spiro atoms. The summed E-state index contributed by atoms with van der Waals surface area (Å²) in [6.45, 7) is 1.56. The van der Waals surface area contributed by atoms with E-state index in [9.17, 15) is 9.59 Å². The molecule has 5 rings (SSSR count). The van der Waals surface area contributed by atoms with Crippen LogP contribution in [0.2, 0.25) is 0 Å². The number of fused-ring (bicyclic) bond motifs is 1. The van der Waals surface area contributed by atoms with E-state index in [1.54, 1.807) is 23.5 Å². The Balaban J connectivity index is 1.69. The molecule has 166 valence electrons. The van der Waals surface area contributed by atoms with E-state index in [0.717, 1.165) is 52.6 Å². The lowest BCUT2D eigenvalue weighted by Crippen LogP contribution is -2.64. The lowest BCUT2D eigenvalue weighted by Gasteiger charge is -2.48. The molecule has 0 bridgehead atoms. The molecule has 8 heteroatoms. The van der Waals surface area contributed by atoms with Gasteiger partial charge in [0, 0.05) is 45.5 Å². The molecule has 1 aromatic carbocycles. The number of piperazine rings is 1. The van der Waals surface area contributed by atoms with Gasteiger partial charge < -0.3 is 9.47 Å². The zero-order valence-electron chi connectivity index (χ0n) is 18.0. The highest BCUT2D eigenvalue weighted by molar-refractivity contribution is 8.03. The van der Waals surface area contributed by atoms with E-state index in [1.165, 1.54) is 10.5 Å². The van der Waals surface area contributed by atoms with Gasteiger partial charge in [-0.3, -0.25) is 9.80 Å². The number of ether oxygens (including phenoxy) is 2. The van der Waals surface area contributed by atoms with Gasteiger partial charge in [-0.25, -0.2) is 9.59 Å². The summed E-state index contributed by atoms with van der Waals surface area (Å²) in [4.78, 5) is 32.4. The first kappa shape index (κ1) is 21.4. The van der Waals surface area contributed by atoms with Crippen molar-refractivity contribution in [3.8, 4) is 0 Å². The second-order valence-corrected chi connectivity index (χ2v) is 10.1. The molecule has 6 nitrogen and oxygen atoms in total. The number of hydrogen-bond acceptors (Lipinski definition) is 8. The van der Waals surface area contributed by atoms with Crippen LogP contribution in [0.3, 0.4) is 0 Å². The summed E-state index contributed by atoms with van der Waals surface area (Å²) in [7, 11) is 1.93. The molecule has 0 N–H and O–H groups in total. The molecule has 0 amide bonds. The van der Waals surface area contributed by atoms with Crippen molar-refractivity contribution in [2.24, 2.45) is 0 Å². The fourth-order valence-electron chi connectivity index (χ4n) is 4.38. The molecule has 1 saturated heterocycles. The van der Waals surface area contributed by atoms with Crippen molar-refractivity contribution in [2.75, 3.05) is 32.9 Å². The highest BCUT2D eigenvalue weighted by atomic mass is 32.2. The van der Waals surface area contributed by atoms with Crippen LogP contribution < -0.4 is 0 Å². The van der Waals surface area contributed by atoms with Crippen molar-refractivity contribution in [3.63, 3.8) is 0 Å². The van der Waals surface area contributed by atoms with Crippen LogP contribution >= 0.6 is 23.5 Å². The van der Waals surface area contributed by atoms with Gasteiger partial charge in [0.25, 0.3) is 0 Å². The summed E-state index contributed by atoms with van der Waals surface area (Å²) in [5.74, 6) is -2.69. The molecule has 0 radical (unpaired) electrons. The molecule has 4 aliphatic rings. The quantitative estimate of drug-likeness (QED) is 0.477. The van der Waals surface area contributed by atoms with Gasteiger partial charge in [-0.15, -0.1) is 11.8 Å². The third-order valence-corrected chi connectivity index (χ3v) is 7.83. The second kappa shape index (κ2) is 8.50. The highest BCUT2D eigenvalue weighted by Crippen LogP contribution is 2.46. The van der Waals surface area contributed by atoms with Crippen LogP contribution in [0, 0.1) is 0 Å². The van der Waals surface area contributed by atoms with Gasteiger partial charge in [0.2, 0.25) is 0 Å². The van der Waals surface area contributed by atoms with Crippen molar-refractivity contribution in [1.29, 1.82) is 0 Å². The molecular formula is C24H24N2O4S2. The Hall–Kier alpha value is -2.42. The first-order valence-electron chi connectivity index (χ1n) is 10.6. The SMILES string of the molecule is CSc1ccc2c(c1)C(N1CCN(C)CC13OC(=O)C=CC(=O)O3)=CC1=C(C=CCC1)S2. The monoisotopic (exact) mass is 468 g/mol. The van der Waals surface area contributed by atoms with E-state index in [2.05, 4.69) is 42.7 Å². The second-order valence-electron chi connectivity index (χ2n) is 8.10. The van der Waals surface area contributed by atoms with Gasteiger partial charge in [-0.05, 0) is 56.0 Å². The maximum atomic E-state index is 12.4. The van der Waals surface area contributed by atoms with Crippen molar-refractivity contribution in [2.45, 2.75) is 28.5 Å². The number of likely N-dealkylation sites (N-methyl/N-ethyl adjacent to an activating group) is 1. The maximum absolute atomic E-state index is 12.4. The van der Waals surface area contributed by atoms with Crippen LogP contribution in [0.1, 0.15) is 18.4 Å². The normalized spacial score (nSPS) is 22.6. The maximum Gasteiger partial charge on any atom is 0.356 e. The number of carbonyl (C=O) groups excluding carboxylic acids is 2. The molecule has 1 aliphatic carbocycles. The Morgan fingerprint density at radius 2 is 1.88 bits per heavy atom. The molecule has 3 aliphatic heterocycles. The number of thioether (sulfide) groups is 2. The average Bonchev–Trinajstić information content (AvgIpc) is 3.02. The van der Waals surface area contributed by atoms with Crippen LogP contribution in [0.4, 0.5) is 0 Å². The highest BCUT2D eigenvalue weighted by Gasteiger charge is 2.50. The Morgan fingerprint density at radius 3 is 2.62 bits per heavy atom. The fourth-order valence-corrected chi connectivity index (χ4v) is 5.92. The third kappa shape index (κ3) is 3.91. The Morgan fingerprint density at radius 1 is 1.09 bits per heavy atom. The molecule has 0 aromatic heterocycles. The first-order valence-corrected chi connectivity index (χ1v) is 12.6. The summed E-state index contributed by atoms with van der Waals surface area (Å²) in [6, 6.07) is 6.45. The summed E-state index contributed by atoms with van der Waals surface area (Å²) in [5.41, 5.74) is 3.21. The molecule has 0 unspecified atom stereocenters. The van der Waals surface area contributed by atoms with Gasteiger partial charge in [0.15, 0.2) is 0 Å². The zero-order valence-corrected chi connectivity index (χ0v) is 19.6. The number of rotatable bonds is 2. The molecule has 1 aromatic rings. The van der Waals surface area contributed by atoms with Crippen LogP contribution in [-0.2, 0) is 19.1 Å². The molecule has 0 saturated carbocycles. The minimum atomic E-state index is -1.52. The molecule has 32 heavy (non-hydrogen) atoms. The fraction of sp³-hybridized carbons (Fsp3) is 0.333. The van der Waals surface area contributed by atoms with Gasteiger partial charge in [0.05, 0.1) is 12.2 Å². The van der Waals surface area contributed by atoms with Crippen LogP contribution in [0.15, 0.2) is 68.8 Å². The van der Waals surface area contributed by atoms with E-state index in [1.807, 2.05) is 16.8 Å². The third-order valence-electron chi connectivity index (χ3n) is 5.91. The van der Waals surface area contributed by atoms with Gasteiger partial charge in [0.1, 0.15) is 0 Å². The number of carbonyl (C=O) groups is 2. The molecule has 1 fully saturated rings. The molecule has 0 atom stereocenters. The number of allylic oxidation sites excluding steroid dienone is 4.